The molecular formula is C20H29IN6. The molecular weight excluding hydrogens is 451 g/mol. The molecule has 146 valence electrons. The zero-order chi connectivity index (χ0) is 17.8. The average Bonchev–Trinajstić information content (AvgIpc) is 3.31. The van der Waals surface area contributed by atoms with Gasteiger partial charge >= 0.3 is 0 Å². The molecule has 2 aromatic rings. The lowest BCUT2D eigenvalue weighted by Gasteiger charge is -2.22. The second kappa shape index (κ2) is 9.52. The number of halogens is 1. The van der Waals surface area contributed by atoms with E-state index in [2.05, 4.69) is 60.3 Å². The van der Waals surface area contributed by atoms with E-state index in [1.807, 2.05) is 7.05 Å². The molecule has 3 heterocycles. The summed E-state index contributed by atoms with van der Waals surface area (Å²) >= 11 is 0. The molecule has 0 spiro atoms. The molecule has 1 saturated heterocycles. The molecule has 0 aliphatic carbocycles. The summed E-state index contributed by atoms with van der Waals surface area (Å²) in [6, 6.07) is 10.8. The smallest absolute Gasteiger partial charge is 0.194 e. The molecule has 6 nitrogen and oxygen atoms in total. The number of aryl methyl sites for hydroxylation is 1. The highest BCUT2D eigenvalue weighted by molar-refractivity contribution is 14.0. The standard InChI is InChI=1S/C20H28N6.HI/c1-21-20(22-14-19-24-23-18-9-5-6-11-26(18)19)25-12-10-17(15-25)13-16-7-3-2-4-8-16;/h2-4,7-8,17H,5-6,9-15H2,1H3,(H,21,22);1H. The second-order valence-corrected chi connectivity index (χ2v) is 7.33. The van der Waals surface area contributed by atoms with Crippen molar-refractivity contribution in [3.63, 3.8) is 0 Å². The van der Waals surface area contributed by atoms with E-state index in [-0.39, 0.29) is 24.0 Å². The molecule has 0 saturated carbocycles. The number of nitrogens with zero attached hydrogens (tertiary/aromatic N) is 5. The molecule has 1 unspecified atom stereocenters. The van der Waals surface area contributed by atoms with Crippen molar-refractivity contribution in [1.82, 2.24) is 25.0 Å². The minimum Gasteiger partial charge on any atom is -0.349 e. The van der Waals surface area contributed by atoms with Gasteiger partial charge in [-0.1, -0.05) is 30.3 Å². The molecule has 1 aromatic heterocycles. The highest BCUT2D eigenvalue weighted by Crippen LogP contribution is 2.21. The fraction of sp³-hybridized carbons (Fsp3) is 0.550. The Morgan fingerprint density at radius 1 is 1.19 bits per heavy atom. The number of hydrogen-bond donors (Lipinski definition) is 1. The van der Waals surface area contributed by atoms with Crippen LogP contribution in [0.3, 0.4) is 0 Å². The lowest BCUT2D eigenvalue weighted by molar-refractivity contribution is 0.455. The van der Waals surface area contributed by atoms with E-state index in [0.717, 1.165) is 50.1 Å². The van der Waals surface area contributed by atoms with Crippen molar-refractivity contribution < 1.29 is 0 Å². The van der Waals surface area contributed by atoms with E-state index < -0.39 is 0 Å². The van der Waals surface area contributed by atoms with E-state index in [1.165, 1.54) is 24.8 Å². The van der Waals surface area contributed by atoms with Gasteiger partial charge in [-0.05, 0) is 37.2 Å². The summed E-state index contributed by atoms with van der Waals surface area (Å²) in [5, 5.41) is 12.2. The highest BCUT2D eigenvalue weighted by atomic mass is 127. The Morgan fingerprint density at radius 2 is 2.04 bits per heavy atom. The summed E-state index contributed by atoms with van der Waals surface area (Å²) in [4.78, 5) is 6.87. The van der Waals surface area contributed by atoms with Gasteiger partial charge in [0, 0.05) is 33.1 Å². The van der Waals surface area contributed by atoms with Gasteiger partial charge in [-0.15, -0.1) is 34.2 Å². The third kappa shape index (κ3) is 4.80. The minimum atomic E-state index is 0. The first-order chi connectivity index (χ1) is 12.8. The van der Waals surface area contributed by atoms with Gasteiger partial charge in [-0.2, -0.15) is 0 Å². The van der Waals surface area contributed by atoms with Gasteiger partial charge < -0.3 is 14.8 Å². The Labute approximate surface area is 178 Å². The average molecular weight is 480 g/mol. The number of fused-ring (bicyclic) bond motifs is 1. The van der Waals surface area contributed by atoms with Crippen LogP contribution in [0.2, 0.25) is 0 Å². The number of likely N-dealkylation sites (tertiary alicyclic amines) is 1. The van der Waals surface area contributed by atoms with Crippen LogP contribution in [0.5, 0.6) is 0 Å². The molecule has 0 bridgehead atoms. The van der Waals surface area contributed by atoms with E-state index in [4.69, 9.17) is 0 Å². The molecule has 0 radical (unpaired) electrons. The first kappa shape index (κ1) is 20.1. The summed E-state index contributed by atoms with van der Waals surface area (Å²) in [5.74, 6) is 3.83. The number of nitrogens with one attached hydrogen (secondary N) is 1. The van der Waals surface area contributed by atoms with Crippen LogP contribution in [0.1, 0.15) is 36.5 Å². The Kier molecular flexibility index (Phi) is 7.09. The lowest BCUT2D eigenvalue weighted by Crippen LogP contribution is -2.40. The SMILES string of the molecule is CN=C(NCc1nnc2n1CCCC2)N1CCC(Cc2ccccc2)C1.I. The Hall–Kier alpha value is -1.64. The predicted octanol–water partition coefficient (Wildman–Crippen LogP) is 2.87. The first-order valence-electron chi connectivity index (χ1n) is 9.74. The monoisotopic (exact) mass is 480 g/mol. The Morgan fingerprint density at radius 3 is 2.85 bits per heavy atom. The predicted molar refractivity (Wildman–Crippen MR) is 118 cm³/mol. The summed E-state index contributed by atoms with van der Waals surface area (Å²) in [5.41, 5.74) is 1.43. The van der Waals surface area contributed by atoms with Crippen LogP contribution in [-0.4, -0.2) is 45.8 Å². The minimum absolute atomic E-state index is 0. The Bertz CT molecular complexity index is 757. The second-order valence-electron chi connectivity index (χ2n) is 7.33. The third-order valence-electron chi connectivity index (χ3n) is 5.51. The van der Waals surface area contributed by atoms with Gasteiger partial charge in [-0.3, -0.25) is 4.99 Å². The van der Waals surface area contributed by atoms with Crippen molar-refractivity contribution in [3.05, 3.63) is 47.5 Å². The fourth-order valence-corrected chi connectivity index (χ4v) is 4.13. The van der Waals surface area contributed by atoms with Gasteiger partial charge in [0.25, 0.3) is 0 Å². The van der Waals surface area contributed by atoms with E-state index >= 15 is 0 Å². The molecule has 4 rings (SSSR count). The summed E-state index contributed by atoms with van der Waals surface area (Å²) in [6.45, 7) is 3.86. The molecule has 1 N–H and O–H groups in total. The summed E-state index contributed by atoms with van der Waals surface area (Å²) < 4.78 is 2.27. The first-order valence-corrected chi connectivity index (χ1v) is 9.74. The molecule has 27 heavy (non-hydrogen) atoms. The van der Waals surface area contributed by atoms with Gasteiger partial charge in [-0.25, -0.2) is 0 Å². The molecule has 0 amide bonds. The zero-order valence-electron chi connectivity index (χ0n) is 16.0. The lowest BCUT2D eigenvalue weighted by atomic mass is 9.99. The van der Waals surface area contributed by atoms with Crippen molar-refractivity contribution in [1.29, 1.82) is 0 Å². The molecule has 7 heteroatoms. The van der Waals surface area contributed by atoms with Crippen LogP contribution < -0.4 is 5.32 Å². The maximum absolute atomic E-state index is 4.50. The molecule has 1 fully saturated rings. The number of guanidine groups is 1. The molecule has 1 aromatic carbocycles. The van der Waals surface area contributed by atoms with Crippen LogP contribution in [0.25, 0.3) is 0 Å². The maximum atomic E-state index is 4.50. The van der Waals surface area contributed by atoms with E-state index in [9.17, 15) is 0 Å². The van der Waals surface area contributed by atoms with Gasteiger partial charge in [0.05, 0.1) is 6.54 Å². The van der Waals surface area contributed by atoms with Crippen LogP contribution in [0, 0.1) is 5.92 Å². The zero-order valence-corrected chi connectivity index (χ0v) is 18.3. The highest BCUT2D eigenvalue weighted by Gasteiger charge is 2.25. The summed E-state index contributed by atoms with van der Waals surface area (Å²) in [6.07, 6.45) is 5.86. The van der Waals surface area contributed by atoms with Crippen LogP contribution in [0.4, 0.5) is 0 Å². The third-order valence-corrected chi connectivity index (χ3v) is 5.51. The largest absolute Gasteiger partial charge is 0.349 e. The Balaban J connectivity index is 0.00000210. The maximum Gasteiger partial charge on any atom is 0.194 e. The number of aliphatic imine (C=N–C) groups is 1. The fourth-order valence-electron chi connectivity index (χ4n) is 4.13. The van der Waals surface area contributed by atoms with Crippen LogP contribution in [-0.2, 0) is 25.9 Å². The van der Waals surface area contributed by atoms with Crippen LogP contribution in [0.15, 0.2) is 35.3 Å². The van der Waals surface area contributed by atoms with Crippen molar-refractivity contribution in [2.24, 2.45) is 10.9 Å². The number of benzene rings is 1. The van der Waals surface area contributed by atoms with Crippen molar-refractivity contribution >= 4 is 29.9 Å². The topological polar surface area (TPSA) is 58.3 Å². The molecule has 2 aliphatic rings. The van der Waals surface area contributed by atoms with Crippen molar-refractivity contribution in [3.8, 4) is 0 Å². The van der Waals surface area contributed by atoms with Crippen molar-refractivity contribution in [2.45, 2.75) is 45.2 Å². The van der Waals surface area contributed by atoms with Gasteiger partial charge in [0.15, 0.2) is 11.8 Å². The van der Waals surface area contributed by atoms with Crippen LogP contribution >= 0.6 is 24.0 Å². The van der Waals surface area contributed by atoms with E-state index in [0.29, 0.717) is 12.5 Å². The number of aromatic nitrogens is 3. The summed E-state index contributed by atoms with van der Waals surface area (Å²) in [7, 11) is 1.87. The van der Waals surface area contributed by atoms with Crippen molar-refractivity contribution in [2.75, 3.05) is 20.1 Å². The molecule has 2 aliphatic heterocycles. The van der Waals surface area contributed by atoms with Gasteiger partial charge in [0.2, 0.25) is 0 Å². The van der Waals surface area contributed by atoms with Gasteiger partial charge in [0.1, 0.15) is 5.82 Å². The number of rotatable bonds is 4. The normalized spacial score (nSPS) is 19.5. The van der Waals surface area contributed by atoms with E-state index in [1.54, 1.807) is 0 Å². The number of hydrogen-bond acceptors (Lipinski definition) is 3. The quantitative estimate of drug-likeness (QED) is 0.416. The molecule has 1 atom stereocenters.